The van der Waals surface area contributed by atoms with E-state index < -0.39 is 0 Å². The number of anilines is 1. The van der Waals surface area contributed by atoms with Crippen molar-refractivity contribution in [3.8, 4) is 0 Å². The summed E-state index contributed by atoms with van der Waals surface area (Å²) in [6.45, 7) is 4.29. The second kappa shape index (κ2) is 6.10. The van der Waals surface area contributed by atoms with Crippen LogP contribution in [0.2, 0.25) is 0 Å². The Kier molecular flexibility index (Phi) is 3.95. The van der Waals surface area contributed by atoms with Gasteiger partial charge < -0.3 is 9.64 Å². The molecule has 0 N–H and O–H groups in total. The zero-order valence-electron chi connectivity index (χ0n) is 13.8. The molecule has 5 heteroatoms. The number of nitrogens with zero attached hydrogens (tertiary/aromatic N) is 3. The van der Waals surface area contributed by atoms with Crippen LogP contribution in [0.4, 0.5) is 5.95 Å². The third-order valence-electron chi connectivity index (χ3n) is 5.27. The highest BCUT2D eigenvalue weighted by molar-refractivity contribution is 5.75. The first-order valence-corrected chi connectivity index (χ1v) is 8.97. The summed E-state index contributed by atoms with van der Waals surface area (Å²) in [5.41, 5.74) is 1.75. The average Bonchev–Trinajstić information content (AvgIpc) is 3.45. The molecule has 0 aromatic carbocycles. The van der Waals surface area contributed by atoms with Gasteiger partial charge in [0.25, 0.3) is 0 Å². The molecule has 2 aliphatic carbocycles. The molecule has 124 valence electrons. The lowest BCUT2D eigenvalue weighted by Gasteiger charge is -2.27. The highest BCUT2D eigenvalue weighted by atomic mass is 16.5. The van der Waals surface area contributed by atoms with Crippen molar-refractivity contribution in [2.45, 2.75) is 52.1 Å². The number of esters is 1. The number of carbonyl (C=O) groups excluding carboxylic acids is 1. The van der Waals surface area contributed by atoms with Crippen molar-refractivity contribution in [3.05, 3.63) is 17.5 Å². The number of hydrogen-bond donors (Lipinski definition) is 0. The fourth-order valence-corrected chi connectivity index (χ4v) is 3.71. The molecular weight excluding hydrogens is 290 g/mol. The Hall–Kier alpha value is -1.65. The van der Waals surface area contributed by atoms with Crippen molar-refractivity contribution in [1.82, 2.24) is 9.97 Å². The number of ether oxygens (including phenoxy) is 1. The van der Waals surface area contributed by atoms with E-state index in [0.717, 1.165) is 42.8 Å². The van der Waals surface area contributed by atoms with Crippen molar-refractivity contribution < 1.29 is 9.53 Å². The van der Waals surface area contributed by atoms with Crippen LogP contribution in [-0.4, -0.2) is 29.0 Å². The third-order valence-corrected chi connectivity index (χ3v) is 5.27. The third kappa shape index (κ3) is 3.48. The quantitative estimate of drug-likeness (QED) is 0.782. The summed E-state index contributed by atoms with van der Waals surface area (Å²) in [5.74, 6) is 2.33. The molecule has 0 radical (unpaired) electrons. The normalized spacial score (nSPS) is 26.9. The summed E-state index contributed by atoms with van der Waals surface area (Å²) in [4.78, 5) is 23.5. The van der Waals surface area contributed by atoms with Crippen LogP contribution in [0.3, 0.4) is 0 Å². The van der Waals surface area contributed by atoms with Gasteiger partial charge in [-0.15, -0.1) is 0 Å². The molecule has 1 aromatic heterocycles. The second-order valence-corrected chi connectivity index (χ2v) is 7.30. The van der Waals surface area contributed by atoms with Crippen LogP contribution in [0.5, 0.6) is 0 Å². The van der Waals surface area contributed by atoms with E-state index in [1.54, 1.807) is 0 Å². The number of aryl methyl sites for hydroxylation is 1. The first-order valence-electron chi connectivity index (χ1n) is 8.97. The van der Waals surface area contributed by atoms with Gasteiger partial charge in [-0.25, -0.2) is 9.97 Å². The van der Waals surface area contributed by atoms with Gasteiger partial charge in [0.15, 0.2) is 0 Å². The Bertz CT molecular complexity index is 594. The van der Waals surface area contributed by atoms with Gasteiger partial charge in [0.1, 0.15) is 6.61 Å². The first-order chi connectivity index (χ1) is 11.2. The minimum Gasteiger partial charge on any atom is -0.459 e. The van der Waals surface area contributed by atoms with Gasteiger partial charge in [-0.3, -0.25) is 4.79 Å². The number of piperidine rings is 1. The molecule has 1 saturated heterocycles. The predicted molar refractivity (Wildman–Crippen MR) is 87.0 cm³/mol. The maximum Gasteiger partial charge on any atom is 0.309 e. The second-order valence-electron chi connectivity index (χ2n) is 7.30. The fourth-order valence-electron chi connectivity index (χ4n) is 3.71. The smallest absolute Gasteiger partial charge is 0.309 e. The molecule has 4 rings (SSSR count). The van der Waals surface area contributed by atoms with Crippen molar-refractivity contribution in [3.63, 3.8) is 0 Å². The molecule has 0 amide bonds. The van der Waals surface area contributed by atoms with Gasteiger partial charge in [0.05, 0.1) is 11.6 Å². The SMILES string of the molecule is Cc1cc(COC(=O)[C@H]2C[C@@H]2C2CC2)nc(N2CCCCC2)n1. The summed E-state index contributed by atoms with van der Waals surface area (Å²) in [5, 5.41) is 0. The van der Waals surface area contributed by atoms with Crippen LogP contribution in [0.1, 0.15) is 49.9 Å². The Balaban J connectivity index is 1.36. The van der Waals surface area contributed by atoms with E-state index >= 15 is 0 Å². The molecule has 0 bridgehead atoms. The summed E-state index contributed by atoms with van der Waals surface area (Å²) in [6, 6.07) is 1.92. The molecule has 2 heterocycles. The summed E-state index contributed by atoms with van der Waals surface area (Å²) < 4.78 is 5.51. The van der Waals surface area contributed by atoms with E-state index in [-0.39, 0.29) is 18.5 Å². The minimum atomic E-state index is -0.0299. The lowest BCUT2D eigenvalue weighted by Crippen LogP contribution is -2.31. The van der Waals surface area contributed by atoms with E-state index in [2.05, 4.69) is 14.9 Å². The monoisotopic (exact) mass is 315 g/mol. The Morgan fingerprint density at radius 2 is 2.04 bits per heavy atom. The standard InChI is InChI=1S/C18H25N3O2/c1-12-9-14(20-18(19-12)21-7-3-2-4-8-21)11-23-17(22)16-10-15(16)13-5-6-13/h9,13,15-16H,2-8,10-11H2,1H3/t15-,16+/m1/s1. The van der Waals surface area contributed by atoms with E-state index in [1.165, 1.54) is 32.1 Å². The van der Waals surface area contributed by atoms with Crippen LogP contribution >= 0.6 is 0 Å². The number of rotatable bonds is 5. The summed E-state index contributed by atoms with van der Waals surface area (Å²) in [6.07, 6.45) is 7.33. The van der Waals surface area contributed by atoms with Gasteiger partial charge in [0, 0.05) is 18.8 Å². The summed E-state index contributed by atoms with van der Waals surface area (Å²) >= 11 is 0. The molecular formula is C18H25N3O2. The number of hydrogen-bond acceptors (Lipinski definition) is 5. The van der Waals surface area contributed by atoms with E-state index in [4.69, 9.17) is 4.74 Å². The lowest BCUT2D eigenvalue weighted by molar-refractivity contribution is -0.147. The zero-order chi connectivity index (χ0) is 15.8. The average molecular weight is 315 g/mol. The van der Waals surface area contributed by atoms with Crippen molar-refractivity contribution >= 4 is 11.9 Å². The van der Waals surface area contributed by atoms with E-state index in [9.17, 15) is 4.79 Å². The maximum atomic E-state index is 12.1. The Morgan fingerprint density at radius 1 is 1.26 bits per heavy atom. The van der Waals surface area contributed by atoms with Gasteiger partial charge in [-0.2, -0.15) is 0 Å². The molecule has 0 unspecified atom stereocenters. The molecule has 2 atom stereocenters. The van der Waals surface area contributed by atoms with E-state index in [0.29, 0.717) is 5.92 Å². The van der Waals surface area contributed by atoms with Crippen molar-refractivity contribution in [1.29, 1.82) is 0 Å². The minimum absolute atomic E-state index is 0.0299. The topological polar surface area (TPSA) is 55.3 Å². The number of aromatic nitrogens is 2. The molecule has 5 nitrogen and oxygen atoms in total. The molecule has 0 spiro atoms. The van der Waals surface area contributed by atoms with E-state index in [1.807, 2.05) is 13.0 Å². The van der Waals surface area contributed by atoms with Crippen LogP contribution in [0, 0.1) is 24.7 Å². The van der Waals surface area contributed by atoms with Crippen LogP contribution in [-0.2, 0) is 16.1 Å². The largest absolute Gasteiger partial charge is 0.459 e. The van der Waals surface area contributed by atoms with Gasteiger partial charge in [0.2, 0.25) is 5.95 Å². The fraction of sp³-hybridized carbons (Fsp3) is 0.722. The van der Waals surface area contributed by atoms with Gasteiger partial charge in [-0.1, -0.05) is 0 Å². The Morgan fingerprint density at radius 3 is 2.78 bits per heavy atom. The Labute approximate surface area is 137 Å². The molecule has 1 aliphatic heterocycles. The highest BCUT2D eigenvalue weighted by Gasteiger charge is 2.52. The van der Waals surface area contributed by atoms with Gasteiger partial charge >= 0.3 is 5.97 Å². The predicted octanol–water partition coefficient (Wildman–Crippen LogP) is 2.86. The molecule has 23 heavy (non-hydrogen) atoms. The zero-order valence-corrected chi connectivity index (χ0v) is 13.8. The molecule has 3 fully saturated rings. The van der Waals surface area contributed by atoms with Crippen LogP contribution in [0.15, 0.2) is 6.07 Å². The number of carbonyl (C=O) groups is 1. The van der Waals surface area contributed by atoms with Crippen LogP contribution < -0.4 is 4.90 Å². The molecule has 1 aromatic rings. The van der Waals surface area contributed by atoms with Crippen molar-refractivity contribution in [2.24, 2.45) is 17.8 Å². The van der Waals surface area contributed by atoms with Crippen molar-refractivity contribution in [2.75, 3.05) is 18.0 Å². The highest BCUT2D eigenvalue weighted by Crippen LogP contribution is 2.54. The first kappa shape index (κ1) is 14.9. The van der Waals surface area contributed by atoms with Crippen LogP contribution in [0.25, 0.3) is 0 Å². The molecule has 3 aliphatic rings. The summed E-state index contributed by atoms with van der Waals surface area (Å²) in [7, 11) is 0. The lowest BCUT2D eigenvalue weighted by atomic mass is 10.1. The van der Waals surface area contributed by atoms with Gasteiger partial charge in [-0.05, 0) is 63.4 Å². The molecule has 2 saturated carbocycles. The maximum absolute atomic E-state index is 12.1.